The summed E-state index contributed by atoms with van der Waals surface area (Å²) in [6.07, 6.45) is 2.29. The predicted molar refractivity (Wildman–Crippen MR) is 372 cm³/mol. The Labute approximate surface area is 582 Å². The molecule has 546 valence electrons. The lowest BCUT2D eigenvalue weighted by Gasteiger charge is -2.41. The highest BCUT2D eigenvalue weighted by molar-refractivity contribution is 7.90. The van der Waals surface area contributed by atoms with Gasteiger partial charge in [0.1, 0.15) is 42.6 Å². The quantitative estimate of drug-likeness (QED) is 0.0336. The average Bonchev–Trinajstić information content (AvgIpc) is 1.39. The number of rotatable bonds is 39. The molecule has 0 spiro atoms. The molecule has 11 amide bonds. The minimum absolute atomic E-state index is 0.0286. The van der Waals surface area contributed by atoms with E-state index in [1.807, 2.05) is 59.7 Å². The maximum absolute atomic E-state index is 14.8. The molecule has 2 aliphatic heterocycles. The van der Waals surface area contributed by atoms with Gasteiger partial charge >= 0.3 is 6.09 Å². The van der Waals surface area contributed by atoms with Gasteiger partial charge in [-0.15, -0.1) is 0 Å². The number of nitrogens with zero attached hydrogens (tertiary/aromatic N) is 4. The van der Waals surface area contributed by atoms with Gasteiger partial charge < -0.3 is 65.6 Å². The van der Waals surface area contributed by atoms with Crippen LogP contribution in [0.3, 0.4) is 0 Å². The zero-order valence-corrected chi connectivity index (χ0v) is 61.2. The lowest BCUT2D eigenvalue weighted by atomic mass is 9.89. The molecule has 0 aromatic heterocycles. The molecule has 1 saturated heterocycles. The van der Waals surface area contributed by atoms with Crippen LogP contribution in [0.2, 0.25) is 0 Å². The third kappa shape index (κ3) is 24.5. The minimum Gasteiger partial charge on any atom is -0.617 e. The number of aliphatic hydroxyl groups excluding tert-OH is 1. The summed E-state index contributed by atoms with van der Waals surface area (Å²) in [5, 5.41) is 27.8. The largest absolute Gasteiger partial charge is 0.617 e. The summed E-state index contributed by atoms with van der Waals surface area (Å²) >= 11 is -1.36. The minimum atomic E-state index is -1.36. The third-order valence-corrected chi connectivity index (χ3v) is 19.0. The predicted octanol–water partition coefficient (Wildman–Crippen LogP) is 5.15. The van der Waals surface area contributed by atoms with Gasteiger partial charge in [-0.05, 0) is 85.5 Å². The van der Waals surface area contributed by atoms with Crippen LogP contribution < -0.4 is 31.9 Å². The molecule has 0 aliphatic carbocycles. The Balaban J connectivity index is 1.40. The van der Waals surface area contributed by atoms with Crippen molar-refractivity contribution in [2.75, 3.05) is 58.7 Å². The second kappa shape index (κ2) is 40.0. The Morgan fingerprint density at radius 2 is 1.29 bits per heavy atom. The van der Waals surface area contributed by atoms with E-state index in [-0.39, 0.29) is 80.6 Å². The highest BCUT2D eigenvalue weighted by Gasteiger charge is 2.44. The van der Waals surface area contributed by atoms with Gasteiger partial charge in [-0.25, -0.2) is 4.79 Å². The summed E-state index contributed by atoms with van der Waals surface area (Å²) in [6, 6.07) is 8.08. The first-order valence-corrected chi connectivity index (χ1v) is 35.9. The third-order valence-electron chi connectivity index (χ3n) is 18.2. The number of anilines is 1. The van der Waals surface area contributed by atoms with Crippen LogP contribution in [0.15, 0.2) is 66.7 Å². The molecule has 4 rings (SSSR count). The van der Waals surface area contributed by atoms with Gasteiger partial charge in [0, 0.05) is 72.1 Å². The molecular weight excluding hydrogens is 1280 g/mol. The van der Waals surface area contributed by atoms with E-state index in [0.717, 1.165) is 17.1 Å². The summed E-state index contributed by atoms with van der Waals surface area (Å²) in [6.45, 7) is 21.9. The van der Waals surface area contributed by atoms with Crippen molar-refractivity contribution in [2.24, 2.45) is 35.5 Å². The van der Waals surface area contributed by atoms with Gasteiger partial charge in [0.15, 0.2) is 0 Å². The average molecular weight is 1390 g/mol. The maximum Gasteiger partial charge on any atom is 0.410 e. The molecule has 2 heterocycles. The van der Waals surface area contributed by atoms with Gasteiger partial charge in [-0.1, -0.05) is 136 Å². The van der Waals surface area contributed by atoms with Gasteiger partial charge in [-0.3, -0.25) is 57.7 Å². The number of aliphatic hydroxyl groups is 1. The number of ether oxygens (including phenoxy) is 3. The molecular formula is C71H110N10O16S. The number of likely N-dealkylation sites (tertiary alicyclic amines) is 1. The van der Waals surface area contributed by atoms with Gasteiger partial charge in [0.25, 0.3) is 11.8 Å². The number of carbonyl (C=O) groups is 11. The highest BCUT2D eigenvalue weighted by atomic mass is 32.2. The van der Waals surface area contributed by atoms with Gasteiger partial charge in [0.05, 0.1) is 55.0 Å². The van der Waals surface area contributed by atoms with Crippen molar-refractivity contribution in [3.8, 4) is 0 Å². The molecule has 98 heavy (non-hydrogen) atoms. The van der Waals surface area contributed by atoms with Crippen LogP contribution in [0.4, 0.5) is 10.5 Å². The van der Waals surface area contributed by atoms with Gasteiger partial charge in [0.2, 0.25) is 47.3 Å². The Hall–Kier alpha value is -7.46. The number of amides is 11. The summed E-state index contributed by atoms with van der Waals surface area (Å²) < 4.78 is 30.1. The molecule has 14 atom stereocenters. The molecule has 26 nitrogen and oxygen atoms in total. The zero-order valence-electron chi connectivity index (χ0n) is 60.4. The molecule has 2 aliphatic rings. The zero-order chi connectivity index (χ0) is 73.4. The fourth-order valence-electron chi connectivity index (χ4n) is 12.5. The number of carbonyl (C=O) groups excluding carboxylic acids is 11. The summed E-state index contributed by atoms with van der Waals surface area (Å²) in [5.74, 6) is -7.16. The van der Waals surface area contributed by atoms with E-state index in [4.69, 9.17) is 14.2 Å². The number of likely N-dealkylation sites (N-methyl/N-ethyl adjacent to an activating group) is 2. The number of imide groups is 1. The monoisotopic (exact) mass is 1390 g/mol. The van der Waals surface area contributed by atoms with Crippen molar-refractivity contribution in [1.82, 2.24) is 46.2 Å². The molecule has 0 bridgehead atoms. The topological polar surface area (TPSA) is 344 Å². The second-order valence-corrected chi connectivity index (χ2v) is 29.0. The molecule has 0 saturated carbocycles. The van der Waals surface area contributed by atoms with Crippen molar-refractivity contribution < 1.29 is 76.6 Å². The number of hydrogen-bond donors (Lipinski definition) is 7. The van der Waals surface area contributed by atoms with E-state index in [9.17, 15) is 62.4 Å². The van der Waals surface area contributed by atoms with Crippen LogP contribution in [0, 0.1) is 35.5 Å². The first kappa shape index (κ1) is 83.0. The van der Waals surface area contributed by atoms with Crippen LogP contribution in [0.5, 0.6) is 0 Å². The Bertz CT molecular complexity index is 3010. The van der Waals surface area contributed by atoms with Gasteiger partial charge in [-0.2, -0.15) is 0 Å². The first-order valence-electron chi connectivity index (χ1n) is 34.1. The molecule has 0 radical (unpaired) electrons. The standard InChI is InChI=1S/C71H110N10O16S/c1-18-45(10)62(55(95-15)39-59(85)80-34-22-25-54(80)64(96-16)46(11)65(87)72-47(12)63(86)49-23-20-19-21-24-49)78(13)70(92)60(43(6)7)77-69(91)61(44(8)9)79(14)71(93)97-40-48-26-28-50(29-27-48)73-66(88)51(33-36-98(17)94)75-68(90)53(38-42(4)5)76-67(89)52(37-41(2)3)74-56(82)32-35-81-57(83)30-31-58(81)84/h19-21,23-24,26-31,41-47,51-55,60-64,86H,18,22,25,32-40H2,1-17H3,(H,72,87)(H,73,88)(H,74,82)(H,75,90)(H,76,89)(H,77,91)/t45-,46+,47+,51-,52+,53-,54-,55+,60-,61-,62-,63+,64+,98?/m0/s1. The normalized spacial score (nSPS) is 17.9. The van der Waals surface area contributed by atoms with E-state index in [2.05, 4.69) is 31.9 Å². The van der Waals surface area contributed by atoms with Crippen molar-refractivity contribution in [3.63, 3.8) is 0 Å². The Morgan fingerprint density at radius 3 is 1.82 bits per heavy atom. The molecule has 2 aromatic carbocycles. The smallest absolute Gasteiger partial charge is 0.410 e. The molecule has 27 heteroatoms. The first-order chi connectivity index (χ1) is 46.1. The number of methoxy groups -OCH3 is 2. The summed E-state index contributed by atoms with van der Waals surface area (Å²) in [5.41, 5.74) is 1.48. The lowest BCUT2D eigenvalue weighted by Crippen LogP contribution is -2.60. The maximum atomic E-state index is 14.8. The molecule has 1 unspecified atom stereocenters. The highest BCUT2D eigenvalue weighted by Crippen LogP contribution is 2.31. The van der Waals surface area contributed by atoms with E-state index < -0.39 is 149 Å². The fourth-order valence-corrected chi connectivity index (χ4v) is 13.1. The van der Waals surface area contributed by atoms with E-state index in [1.54, 1.807) is 94.8 Å². The number of nitrogens with one attached hydrogen (secondary N) is 6. The SMILES string of the molecule is CC[C@H](C)[C@@H]([C@@H](CC(=O)N1CCC[C@H]1[C@H](OC)[C@@H](C)C(=O)N[C@H](C)[C@@H](O)c1ccccc1)OC)N(C)C(=O)[C@@H](NC(=O)[C@H](C(C)C)N(C)C(=O)OCc1ccc(NC(=O)[C@H](CC[S+](C)[O-])NC(=O)[C@H](CC(C)C)NC(=O)[C@@H](CC(C)C)NC(=O)CCN2C(=O)C=CC2=O)cc1)C(C)C. The van der Waals surface area contributed by atoms with Crippen molar-refractivity contribution in [3.05, 3.63) is 77.9 Å². The molecule has 2 aromatic rings. The fraction of sp³-hybridized carbons (Fsp3) is 0.648. The van der Waals surface area contributed by atoms with E-state index in [0.29, 0.717) is 42.6 Å². The van der Waals surface area contributed by atoms with Crippen LogP contribution in [-0.2, 0) is 79.9 Å². The number of hydrogen-bond acceptors (Lipinski definition) is 16. The lowest BCUT2D eigenvalue weighted by molar-refractivity contribution is -0.148. The van der Waals surface area contributed by atoms with Crippen LogP contribution >= 0.6 is 0 Å². The van der Waals surface area contributed by atoms with Crippen LogP contribution in [0.25, 0.3) is 0 Å². The summed E-state index contributed by atoms with van der Waals surface area (Å²) in [7, 11) is 6.07. The van der Waals surface area contributed by atoms with Crippen molar-refractivity contribution >= 4 is 82.0 Å². The Kier molecular flexibility index (Phi) is 33.8. The second-order valence-electron chi connectivity index (χ2n) is 27.5. The molecule has 1 fully saturated rings. The Morgan fingerprint density at radius 1 is 0.704 bits per heavy atom. The number of benzene rings is 2. The van der Waals surface area contributed by atoms with Crippen LogP contribution in [-0.4, -0.2) is 208 Å². The van der Waals surface area contributed by atoms with Crippen LogP contribution in [0.1, 0.15) is 152 Å². The molecule has 7 N–H and O–H groups in total. The summed E-state index contributed by atoms with van der Waals surface area (Å²) in [4.78, 5) is 156. The van der Waals surface area contributed by atoms with E-state index >= 15 is 0 Å². The van der Waals surface area contributed by atoms with E-state index in [1.165, 1.54) is 32.4 Å². The van der Waals surface area contributed by atoms with Crippen molar-refractivity contribution in [1.29, 1.82) is 0 Å². The van der Waals surface area contributed by atoms with Crippen molar-refractivity contribution in [2.45, 2.75) is 208 Å².